The number of ketones is 1. The van der Waals surface area contributed by atoms with Crippen LogP contribution in [-0.2, 0) is 11.2 Å². The second kappa shape index (κ2) is 6.86. The molecule has 1 atom stereocenters. The van der Waals surface area contributed by atoms with E-state index in [1.165, 1.54) is 18.2 Å². The summed E-state index contributed by atoms with van der Waals surface area (Å²) in [5.41, 5.74) is 0.161. The zero-order valence-electron chi connectivity index (χ0n) is 10.6. The molecule has 0 spiro atoms. The molecular weight excluding hydrogens is 255 g/mol. The molecule has 0 amide bonds. The van der Waals surface area contributed by atoms with Crippen LogP contribution in [0.5, 0.6) is 0 Å². The molecule has 0 aliphatic heterocycles. The van der Waals surface area contributed by atoms with Gasteiger partial charge in [0.05, 0.1) is 0 Å². The van der Waals surface area contributed by atoms with E-state index in [9.17, 15) is 14.3 Å². The van der Waals surface area contributed by atoms with Crippen LogP contribution in [-0.4, -0.2) is 17.0 Å². The number of halogens is 2. The third kappa shape index (κ3) is 3.53. The van der Waals surface area contributed by atoms with Crippen molar-refractivity contribution in [2.24, 2.45) is 5.92 Å². The zero-order valence-corrected chi connectivity index (χ0v) is 11.4. The first-order chi connectivity index (χ1) is 8.51. The minimum atomic E-state index is -1.05. The fourth-order valence-corrected chi connectivity index (χ4v) is 2.21. The van der Waals surface area contributed by atoms with Gasteiger partial charge in [-0.25, -0.2) is 4.39 Å². The molecule has 0 aliphatic carbocycles. The third-order valence-electron chi connectivity index (χ3n) is 3.24. The number of rotatable bonds is 6. The van der Waals surface area contributed by atoms with Crippen LogP contribution in [0.1, 0.15) is 32.3 Å². The van der Waals surface area contributed by atoms with Crippen LogP contribution >= 0.6 is 11.6 Å². The summed E-state index contributed by atoms with van der Waals surface area (Å²) in [7, 11) is 0. The second-order valence-electron chi connectivity index (χ2n) is 4.36. The highest BCUT2D eigenvalue weighted by atomic mass is 35.5. The van der Waals surface area contributed by atoms with Crippen LogP contribution in [0.4, 0.5) is 4.39 Å². The molecule has 0 radical (unpaired) electrons. The standard InChI is InChI=1S/C14H18ClFO2/c1-3-9(4-2)14(18)13(17)8-10-11(15)6-5-7-12(10)16/h5-7,9,14,18H,3-4,8H2,1-2H3. The highest BCUT2D eigenvalue weighted by Gasteiger charge is 2.24. The van der Waals surface area contributed by atoms with Crippen LogP contribution in [0.3, 0.4) is 0 Å². The average Bonchev–Trinajstić information content (AvgIpc) is 2.35. The Kier molecular flexibility index (Phi) is 5.76. The van der Waals surface area contributed by atoms with Gasteiger partial charge < -0.3 is 5.11 Å². The Labute approximate surface area is 112 Å². The summed E-state index contributed by atoms with van der Waals surface area (Å²) in [4.78, 5) is 11.9. The highest BCUT2D eigenvalue weighted by Crippen LogP contribution is 2.22. The lowest BCUT2D eigenvalue weighted by molar-refractivity contribution is -0.129. The summed E-state index contributed by atoms with van der Waals surface area (Å²) in [6, 6.07) is 4.29. The minimum Gasteiger partial charge on any atom is -0.385 e. The predicted octanol–water partition coefficient (Wildman–Crippen LogP) is 3.39. The van der Waals surface area contributed by atoms with E-state index in [1.54, 1.807) is 0 Å². The molecule has 1 aromatic rings. The first-order valence-electron chi connectivity index (χ1n) is 6.14. The SMILES string of the molecule is CCC(CC)C(O)C(=O)Cc1c(F)cccc1Cl. The zero-order chi connectivity index (χ0) is 13.7. The van der Waals surface area contributed by atoms with Crippen molar-refractivity contribution in [3.63, 3.8) is 0 Å². The van der Waals surface area contributed by atoms with Crippen LogP contribution in [0.25, 0.3) is 0 Å². The molecule has 0 bridgehead atoms. The van der Waals surface area contributed by atoms with Gasteiger partial charge in [0.25, 0.3) is 0 Å². The van der Waals surface area contributed by atoms with Gasteiger partial charge in [-0.1, -0.05) is 44.4 Å². The Morgan fingerprint density at radius 1 is 1.39 bits per heavy atom. The van der Waals surface area contributed by atoms with E-state index < -0.39 is 11.9 Å². The fraction of sp³-hybridized carbons (Fsp3) is 0.500. The van der Waals surface area contributed by atoms with Crippen molar-refractivity contribution in [3.05, 3.63) is 34.6 Å². The molecule has 1 aromatic carbocycles. The molecule has 0 aliphatic rings. The third-order valence-corrected chi connectivity index (χ3v) is 3.59. The largest absolute Gasteiger partial charge is 0.385 e. The van der Waals surface area contributed by atoms with Gasteiger partial charge in [0.1, 0.15) is 11.9 Å². The van der Waals surface area contributed by atoms with Gasteiger partial charge in [0.2, 0.25) is 0 Å². The lowest BCUT2D eigenvalue weighted by Gasteiger charge is -2.19. The molecule has 1 unspecified atom stereocenters. The lowest BCUT2D eigenvalue weighted by atomic mass is 9.91. The number of Topliss-reactive ketones (excluding diaryl/α,β-unsaturated/α-hetero) is 1. The van der Waals surface area contributed by atoms with E-state index >= 15 is 0 Å². The van der Waals surface area contributed by atoms with Crippen molar-refractivity contribution in [1.29, 1.82) is 0 Å². The van der Waals surface area contributed by atoms with Crippen LogP contribution in [0.2, 0.25) is 5.02 Å². The van der Waals surface area contributed by atoms with E-state index in [1.807, 2.05) is 13.8 Å². The van der Waals surface area contributed by atoms with Crippen molar-refractivity contribution in [1.82, 2.24) is 0 Å². The summed E-state index contributed by atoms with van der Waals surface area (Å²) in [6.07, 6.45) is 0.224. The van der Waals surface area contributed by atoms with E-state index in [2.05, 4.69) is 0 Å². The molecule has 4 heteroatoms. The molecular formula is C14H18ClFO2. The van der Waals surface area contributed by atoms with Crippen LogP contribution in [0.15, 0.2) is 18.2 Å². The maximum atomic E-state index is 13.5. The number of hydrogen-bond donors (Lipinski definition) is 1. The molecule has 1 N–H and O–H groups in total. The Hall–Kier alpha value is -0.930. The van der Waals surface area contributed by atoms with Gasteiger partial charge in [-0.3, -0.25) is 4.79 Å². The summed E-state index contributed by atoms with van der Waals surface area (Å²) in [5.74, 6) is -0.966. The molecule has 2 nitrogen and oxygen atoms in total. The Balaban J connectivity index is 2.81. The van der Waals surface area contributed by atoms with Crippen LogP contribution < -0.4 is 0 Å². The monoisotopic (exact) mass is 272 g/mol. The molecule has 0 saturated carbocycles. The van der Waals surface area contributed by atoms with Crippen LogP contribution in [0, 0.1) is 11.7 Å². The van der Waals surface area contributed by atoms with E-state index in [0.717, 1.165) is 0 Å². The molecule has 100 valence electrons. The quantitative estimate of drug-likeness (QED) is 0.862. The number of aliphatic hydroxyl groups excluding tert-OH is 1. The van der Waals surface area contributed by atoms with Crippen molar-refractivity contribution in [2.45, 2.75) is 39.2 Å². The maximum absolute atomic E-state index is 13.5. The first-order valence-corrected chi connectivity index (χ1v) is 6.52. The average molecular weight is 273 g/mol. The van der Waals surface area contributed by atoms with Crippen molar-refractivity contribution < 1.29 is 14.3 Å². The fourth-order valence-electron chi connectivity index (χ4n) is 1.98. The smallest absolute Gasteiger partial charge is 0.166 e. The summed E-state index contributed by atoms with van der Waals surface area (Å²) < 4.78 is 13.5. The molecule has 0 saturated heterocycles. The number of benzene rings is 1. The van der Waals surface area contributed by atoms with Crippen molar-refractivity contribution >= 4 is 17.4 Å². The molecule has 0 heterocycles. The summed E-state index contributed by atoms with van der Waals surface area (Å²) >= 11 is 5.85. The number of carbonyl (C=O) groups is 1. The summed E-state index contributed by atoms with van der Waals surface area (Å²) in [5, 5.41) is 10.1. The first kappa shape index (κ1) is 15.1. The topological polar surface area (TPSA) is 37.3 Å². The summed E-state index contributed by atoms with van der Waals surface area (Å²) in [6.45, 7) is 3.83. The van der Waals surface area contributed by atoms with E-state index in [0.29, 0.717) is 12.8 Å². The normalized spacial score (nSPS) is 12.8. The van der Waals surface area contributed by atoms with E-state index in [-0.39, 0.29) is 28.7 Å². The van der Waals surface area contributed by atoms with Gasteiger partial charge in [-0.2, -0.15) is 0 Å². The Morgan fingerprint density at radius 3 is 2.50 bits per heavy atom. The van der Waals surface area contributed by atoms with Gasteiger partial charge in [0.15, 0.2) is 5.78 Å². The van der Waals surface area contributed by atoms with E-state index in [4.69, 9.17) is 11.6 Å². The predicted molar refractivity (Wildman–Crippen MR) is 70.2 cm³/mol. The van der Waals surface area contributed by atoms with Gasteiger partial charge in [-0.15, -0.1) is 0 Å². The number of aliphatic hydroxyl groups is 1. The highest BCUT2D eigenvalue weighted by molar-refractivity contribution is 6.31. The molecule has 1 rings (SSSR count). The number of hydrogen-bond acceptors (Lipinski definition) is 2. The van der Waals surface area contributed by atoms with Gasteiger partial charge in [-0.05, 0) is 18.1 Å². The van der Waals surface area contributed by atoms with Crippen molar-refractivity contribution in [3.8, 4) is 0 Å². The van der Waals surface area contributed by atoms with Crippen molar-refractivity contribution in [2.75, 3.05) is 0 Å². The minimum absolute atomic E-state index is 0.0805. The Morgan fingerprint density at radius 2 is 2.00 bits per heavy atom. The maximum Gasteiger partial charge on any atom is 0.166 e. The molecule has 18 heavy (non-hydrogen) atoms. The number of carbonyl (C=O) groups excluding carboxylic acids is 1. The molecule has 0 aromatic heterocycles. The van der Waals surface area contributed by atoms with Gasteiger partial charge >= 0.3 is 0 Å². The van der Waals surface area contributed by atoms with Gasteiger partial charge in [0, 0.05) is 17.0 Å². The molecule has 0 fully saturated rings. The Bertz CT molecular complexity index is 396. The second-order valence-corrected chi connectivity index (χ2v) is 4.77. The lowest BCUT2D eigenvalue weighted by Crippen LogP contribution is -2.30.